The molecule has 2 atom stereocenters. The zero-order valence-corrected chi connectivity index (χ0v) is 11.6. The highest BCUT2D eigenvalue weighted by atomic mass is 16.5. The molecule has 1 N–H and O–H groups in total. The number of nitrogens with one attached hydrogen (secondary N) is 1. The van der Waals surface area contributed by atoms with Crippen LogP contribution in [0.2, 0.25) is 0 Å². The number of methoxy groups -OCH3 is 1. The van der Waals surface area contributed by atoms with Crippen LogP contribution in [0.25, 0.3) is 0 Å². The Morgan fingerprint density at radius 2 is 2.11 bits per heavy atom. The van der Waals surface area contributed by atoms with Gasteiger partial charge >= 0.3 is 0 Å². The van der Waals surface area contributed by atoms with Crippen LogP contribution in [0.4, 0.5) is 0 Å². The van der Waals surface area contributed by atoms with Gasteiger partial charge in [0.1, 0.15) is 0 Å². The maximum Gasteiger partial charge on any atom is 0.0615 e. The first-order valence-corrected chi connectivity index (χ1v) is 6.70. The van der Waals surface area contributed by atoms with Crippen molar-refractivity contribution in [3.8, 4) is 0 Å². The van der Waals surface area contributed by atoms with Crippen molar-refractivity contribution in [2.75, 3.05) is 33.4 Å². The third-order valence-electron chi connectivity index (χ3n) is 3.97. The Kier molecular flexibility index (Phi) is 4.38. The fourth-order valence-electron chi connectivity index (χ4n) is 2.98. The molecule has 0 amide bonds. The van der Waals surface area contributed by atoms with Crippen LogP contribution in [-0.2, 0) is 10.3 Å². The molecular formula is C15H24N2O. The molecule has 3 heteroatoms. The maximum absolute atomic E-state index is 5.32. The fraction of sp³-hybridized carbons (Fsp3) is 0.600. The van der Waals surface area contributed by atoms with Crippen LogP contribution >= 0.6 is 0 Å². The highest BCUT2D eigenvalue weighted by Crippen LogP contribution is 2.31. The summed E-state index contributed by atoms with van der Waals surface area (Å²) in [6, 6.07) is 11.2. The number of benzene rings is 1. The van der Waals surface area contributed by atoms with Crippen molar-refractivity contribution in [1.29, 1.82) is 0 Å². The van der Waals surface area contributed by atoms with Crippen molar-refractivity contribution in [3.63, 3.8) is 0 Å². The molecule has 0 saturated carbocycles. The van der Waals surface area contributed by atoms with E-state index in [0.717, 1.165) is 26.2 Å². The number of ether oxygens (including phenoxy) is 1. The molecule has 2 rings (SSSR count). The first kappa shape index (κ1) is 13.5. The smallest absolute Gasteiger partial charge is 0.0615 e. The standard InChI is InChI=1S/C15H24N2O/c1-13(11-18-3)17-10-9-16-12-15(17,2)14-7-5-4-6-8-14/h4-8,13,16H,9-12H2,1-3H3. The minimum Gasteiger partial charge on any atom is -0.383 e. The van der Waals surface area contributed by atoms with E-state index < -0.39 is 0 Å². The van der Waals surface area contributed by atoms with E-state index >= 15 is 0 Å². The molecule has 3 nitrogen and oxygen atoms in total. The van der Waals surface area contributed by atoms with Gasteiger partial charge < -0.3 is 10.1 Å². The Labute approximate surface area is 110 Å². The third-order valence-corrected chi connectivity index (χ3v) is 3.97. The lowest BCUT2D eigenvalue weighted by atomic mass is 9.87. The lowest BCUT2D eigenvalue weighted by Crippen LogP contribution is -2.60. The highest BCUT2D eigenvalue weighted by molar-refractivity contribution is 5.25. The normalized spacial score (nSPS) is 27.1. The second kappa shape index (κ2) is 5.83. The van der Waals surface area contributed by atoms with Gasteiger partial charge in [0.2, 0.25) is 0 Å². The molecule has 1 aromatic carbocycles. The molecular weight excluding hydrogens is 224 g/mol. The van der Waals surface area contributed by atoms with Crippen LogP contribution in [-0.4, -0.2) is 44.3 Å². The number of nitrogens with zero attached hydrogens (tertiary/aromatic N) is 1. The van der Waals surface area contributed by atoms with Crippen LogP contribution in [0.1, 0.15) is 19.4 Å². The molecule has 0 spiro atoms. The van der Waals surface area contributed by atoms with E-state index in [1.165, 1.54) is 5.56 Å². The van der Waals surface area contributed by atoms with E-state index in [1.54, 1.807) is 7.11 Å². The predicted molar refractivity (Wildman–Crippen MR) is 74.7 cm³/mol. The van der Waals surface area contributed by atoms with Gasteiger partial charge in [-0.05, 0) is 19.4 Å². The summed E-state index contributed by atoms with van der Waals surface area (Å²) in [6.07, 6.45) is 0. The summed E-state index contributed by atoms with van der Waals surface area (Å²) in [7, 11) is 1.78. The molecule has 0 bridgehead atoms. The summed E-state index contributed by atoms with van der Waals surface area (Å²) in [4.78, 5) is 2.56. The molecule has 2 unspecified atom stereocenters. The van der Waals surface area contributed by atoms with Gasteiger partial charge in [0, 0.05) is 32.8 Å². The molecule has 0 aromatic heterocycles. The molecule has 100 valence electrons. The Morgan fingerprint density at radius 3 is 2.78 bits per heavy atom. The van der Waals surface area contributed by atoms with Crippen molar-refractivity contribution in [2.45, 2.75) is 25.4 Å². The van der Waals surface area contributed by atoms with Crippen LogP contribution in [0.15, 0.2) is 30.3 Å². The minimum absolute atomic E-state index is 0.0530. The van der Waals surface area contributed by atoms with Crippen molar-refractivity contribution in [2.24, 2.45) is 0 Å². The molecule has 0 aliphatic carbocycles. The van der Waals surface area contributed by atoms with Gasteiger partial charge in [-0.3, -0.25) is 4.90 Å². The molecule has 1 saturated heterocycles. The van der Waals surface area contributed by atoms with Gasteiger partial charge in [-0.1, -0.05) is 30.3 Å². The lowest BCUT2D eigenvalue weighted by Gasteiger charge is -2.48. The predicted octanol–water partition coefficient (Wildman–Crippen LogP) is 1.84. The topological polar surface area (TPSA) is 24.5 Å². The van der Waals surface area contributed by atoms with E-state index in [2.05, 4.69) is 54.4 Å². The van der Waals surface area contributed by atoms with Gasteiger partial charge in [-0.2, -0.15) is 0 Å². The Balaban J connectivity index is 2.26. The fourth-order valence-corrected chi connectivity index (χ4v) is 2.98. The van der Waals surface area contributed by atoms with Crippen LogP contribution in [0.5, 0.6) is 0 Å². The van der Waals surface area contributed by atoms with Gasteiger partial charge in [-0.15, -0.1) is 0 Å². The third kappa shape index (κ3) is 2.58. The second-order valence-electron chi connectivity index (χ2n) is 5.31. The van der Waals surface area contributed by atoms with Crippen molar-refractivity contribution in [1.82, 2.24) is 10.2 Å². The highest BCUT2D eigenvalue weighted by Gasteiger charge is 2.38. The second-order valence-corrected chi connectivity index (χ2v) is 5.31. The Bertz CT molecular complexity index is 368. The summed E-state index contributed by atoms with van der Waals surface area (Å²) < 4.78 is 5.32. The largest absolute Gasteiger partial charge is 0.383 e. The molecule has 1 aliphatic heterocycles. The number of hydrogen-bond donors (Lipinski definition) is 1. The van der Waals surface area contributed by atoms with E-state index in [-0.39, 0.29) is 5.54 Å². The summed E-state index contributed by atoms with van der Waals surface area (Å²) in [5.74, 6) is 0. The summed E-state index contributed by atoms with van der Waals surface area (Å²) in [5, 5.41) is 3.52. The van der Waals surface area contributed by atoms with Crippen LogP contribution < -0.4 is 5.32 Å². The molecule has 1 aliphatic rings. The van der Waals surface area contributed by atoms with Crippen molar-refractivity contribution < 1.29 is 4.74 Å². The maximum atomic E-state index is 5.32. The average molecular weight is 248 g/mol. The molecule has 0 radical (unpaired) electrons. The molecule has 1 heterocycles. The van der Waals surface area contributed by atoms with Gasteiger partial charge in [-0.25, -0.2) is 0 Å². The molecule has 1 fully saturated rings. The number of rotatable bonds is 4. The first-order chi connectivity index (χ1) is 8.68. The van der Waals surface area contributed by atoms with Gasteiger partial charge in [0.05, 0.1) is 12.1 Å². The summed E-state index contributed by atoms with van der Waals surface area (Å²) >= 11 is 0. The summed E-state index contributed by atoms with van der Waals surface area (Å²) in [6.45, 7) is 8.45. The van der Waals surface area contributed by atoms with Crippen molar-refractivity contribution >= 4 is 0 Å². The van der Waals surface area contributed by atoms with Crippen LogP contribution in [0.3, 0.4) is 0 Å². The molecule has 1 aromatic rings. The quantitative estimate of drug-likeness (QED) is 0.880. The monoisotopic (exact) mass is 248 g/mol. The number of hydrogen-bond acceptors (Lipinski definition) is 3. The van der Waals surface area contributed by atoms with Gasteiger partial charge in [0.25, 0.3) is 0 Å². The zero-order chi connectivity index (χ0) is 13.0. The number of piperazine rings is 1. The Hall–Kier alpha value is -0.900. The van der Waals surface area contributed by atoms with E-state index in [1.807, 2.05) is 0 Å². The molecule has 18 heavy (non-hydrogen) atoms. The average Bonchev–Trinajstić information content (AvgIpc) is 2.40. The SMILES string of the molecule is COCC(C)N1CCNCC1(C)c1ccccc1. The lowest BCUT2D eigenvalue weighted by molar-refractivity contribution is 0.00232. The van der Waals surface area contributed by atoms with Crippen LogP contribution in [0, 0.1) is 0 Å². The van der Waals surface area contributed by atoms with E-state index in [0.29, 0.717) is 6.04 Å². The zero-order valence-electron chi connectivity index (χ0n) is 11.6. The van der Waals surface area contributed by atoms with E-state index in [9.17, 15) is 0 Å². The van der Waals surface area contributed by atoms with E-state index in [4.69, 9.17) is 4.74 Å². The minimum atomic E-state index is 0.0530. The summed E-state index contributed by atoms with van der Waals surface area (Å²) in [5.41, 5.74) is 1.43. The first-order valence-electron chi connectivity index (χ1n) is 6.70. The van der Waals surface area contributed by atoms with Gasteiger partial charge in [0.15, 0.2) is 0 Å². The Morgan fingerprint density at radius 1 is 1.39 bits per heavy atom. The van der Waals surface area contributed by atoms with Crippen molar-refractivity contribution in [3.05, 3.63) is 35.9 Å².